The highest BCUT2D eigenvalue weighted by Crippen LogP contribution is 2.26. The zero-order chi connectivity index (χ0) is 11.6. The Morgan fingerprint density at radius 1 is 1.60 bits per heavy atom. The van der Waals surface area contributed by atoms with Crippen LogP contribution in [0.3, 0.4) is 0 Å². The van der Waals surface area contributed by atoms with E-state index in [0.717, 1.165) is 0 Å². The number of carbonyl (C=O) groups is 2. The summed E-state index contributed by atoms with van der Waals surface area (Å²) >= 11 is 0. The summed E-state index contributed by atoms with van der Waals surface area (Å²) in [6.45, 7) is 10.1. The van der Waals surface area contributed by atoms with E-state index in [2.05, 4.69) is 17.0 Å². The van der Waals surface area contributed by atoms with Crippen LogP contribution in [0.5, 0.6) is 0 Å². The summed E-state index contributed by atoms with van der Waals surface area (Å²) < 4.78 is 0. The summed E-state index contributed by atoms with van der Waals surface area (Å²) in [5.41, 5.74) is -0.333. The molecule has 1 N–H and O–H groups in total. The predicted octanol–water partition coefficient (Wildman–Crippen LogP) is 0.653. The van der Waals surface area contributed by atoms with Crippen molar-refractivity contribution in [2.24, 2.45) is 10.4 Å². The van der Waals surface area contributed by atoms with Crippen LogP contribution in [0.25, 0.3) is 0 Å². The predicted molar refractivity (Wildman–Crippen MR) is 57.9 cm³/mol. The van der Waals surface area contributed by atoms with E-state index in [1.807, 2.05) is 20.8 Å². The Balaban J connectivity index is 2.95. The van der Waals surface area contributed by atoms with Crippen LogP contribution >= 0.6 is 0 Å². The lowest BCUT2D eigenvalue weighted by Crippen LogP contribution is -2.50. The Hall–Kier alpha value is -1.39. The second kappa shape index (κ2) is 4.00. The van der Waals surface area contributed by atoms with Gasteiger partial charge in [-0.2, -0.15) is 0 Å². The molecule has 1 heterocycles. The first kappa shape index (κ1) is 11.7. The van der Waals surface area contributed by atoms with Crippen molar-refractivity contribution in [2.75, 3.05) is 13.1 Å². The lowest BCUT2D eigenvalue weighted by Gasteiger charge is -2.34. The molecule has 0 spiro atoms. The van der Waals surface area contributed by atoms with Crippen LogP contribution in [0, 0.1) is 5.41 Å². The molecular formula is C10H17N3O2. The van der Waals surface area contributed by atoms with Crippen molar-refractivity contribution in [2.45, 2.75) is 26.8 Å². The topological polar surface area (TPSA) is 61.8 Å². The Morgan fingerprint density at radius 2 is 2.20 bits per heavy atom. The van der Waals surface area contributed by atoms with Gasteiger partial charge in [0.15, 0.2) is 0 Å². The third-order valence-corrected chi connectivity index (χ3v) is 2.41. The van der Waals surface area contributed by atoms with Crippen LogP contribution < -0.4 is 5.32 Å². The van der Waals surface area contributed by atoms with Crippen molar-refractivity contribution >= 4 is 18.7 Å². The molecule has 0 aromatic rings. The molecule has 1 atom stereocenters. The molecule has 5 heteroatoms. The average molecular weight is 211 g/mol. The van der Waals surface area contributed by atoms with Gasteiger partial charge >= 0.3 is 6.03 Å². The molecule has 0 aliphatic carbocycles. The molecule has 1 aliphatic rings. The van der Waals surface area contributed by atoms with Gasteiger partial charge in [0.25, 0.3) is 5.91 Å². The molecule has 0 radical (unpaired) electrons. The minimum Gasteiger partial charge on any atom is -0.336 e. The molecule has 1 rings (SSSR count). The van der Waals surface area contributed by atoms with Crippen molar-refractivity contribution in [3.8, 4) is 0 Å². The molecule has 3 amide bonds. The average Bonchev–Trinajstić information content (AvgIpc) is 2.50. The molecule has 0 aromatic carbocycles. The van der Waals surface area contributed by atoms with Gasteiger partial charge in [0.1, 0.15) is 6.04 Å². The summed E-state index contributed by atoms with van der Waals surface area (Å²) in [4.78, 5) is 28.1. The van der Waals surface area contributed by atoms with Crippen molar-refractivity contribution in [3.63, 3.8) is 0 Å². The summed E-state index contributed by atoms with van der Waals surface area (Å²) in [6, 6.07) is -0.732. The summed E-state index contributed by atoms with van der Waals surface area (Å²) in [5.74, 6) is -0.348. The van der Waals surface area contributed by atoms with Gasteiger partial charge in [0.05, 0.1) is 0 Å². The lowest BCUT2D eigenvalue weighted by molar-refractivity contribution is -0.125. The molecule has 1 aliphatic heterocycles. The molecule has 1 fully saturated rings. The van der Waals surface area contributed by atoms with Crippen molar-refractivity contribution in [1.82, 2.24) is 10.2 Å². The van der Waals surface area contributed by atoms with Crippen molar-refractivity contribution in [3.05, 3.63) is 0 Å². The highest BCUT2D eigenvalue weighted by molar-refractivity contribution is 5.90. The van der Waals surface area contributed by atoms with E-state index in [1.54, 1.807) is 0 Å². The van der Waals surface area contributed by atoms with Gasteiger partial charge in [0, 0.05) is 13.1 Å². The highest BCUT2D eigenvalue weighted by atomic mass is 16.2. The van der Waals surface area contributed by atoms with E-state index >= 15 is 0 Å². The Morgan fingerprint density at radius 3 is 2.53 bits per heavy atom. The van der Waals surface area contributed by atoms with E-state index in [9.17, 15) is 9.59 Å². The molecule has 0 bridgehead atoms. The molecule has 1 unspecified atom stereocenters. The minimum atomic E-state index is -0.530. The summed E-state index contributed by atoms with van der Waals surface area (Å²) in [6.07, 6.45) is 0. The number of nitrogens with zero attached hydrogens (tertiary/aromatic N) is 2. The van der Waals surface area contributed by atoms with Crippen LogP contribution in [-0.4, -0.2) is 42.7 Å². The van der Waals surface area contributed by atoms with E-state index < -0.39 is 6.04 Å². The number of amides is 3. The molecule has 15 heavy (non-hydrogen) atoms. The van der Waals surface area contributed by atoms with Crippen LogP contribution in [0.4, 0.5) is 4.79 Å². The SMILES string of the molecule is C=NC(=O)C(N1CCNC1=O)C(C)(C)C. The zero-order valence-electron chi connectivity index (χ0n) is 9.41. The summed E-state index contributed by atoms with van der Waals surface area (Å²) in [7, 11) is 0. The second-order valence-corrected chi connectivity index (χ2v) is 4.69. The van der Waals surface area contributed by atoms with Crippen molar-refractivity contribution in [1.29, 1.82) is 0 Å². The first-order chi connectivity index (χ1) is 6.88. The van der Waals surface area contributed by atoms with Gasteiger partial charge in [-0.25, -0.2) is 9.79 Å². The maximum Gasteiger partial charge on any atom is 0.318 e. The monoisotopic (exact) mass is 211 g/mol. The Kier molecular flexibility index (Phi) is 3.12. The van der Waals surface area contributed by atoms with E-state index in [4.69, 9.17) is 0 Å². The van der Waals surface area contributed by atoms with Crippen LogP contribution in [0.15, 0.2) is 4.99 Å². The van der Waals surface area contributed by atoms with Crippen molar-refractivity contribution < 1.29 is 9.59 Å². The maximum atomic E-state index is 11.6. The van der Waals surface area contributed by atoms with Gasteiger partial charge in [-0.3, -0.25) is 4.79 Å². The normalized spacial score (nSPS) is 18.6. The molecule has 0 aromatic heterocycles. The third-order valence-electron chi connectivity index (χ3n) is 2.41. The van der Waals surface area contributed by atoms with Crippen LogP contribution in [0.1, 0.15) is 20.8 Å². The molecule has 5 nitrogen and oxygen atoms in total. The van der Waals surface area contributed by atoms with Gasteiger partial charge in [0.2, 0.25) is 0 Å². The number of nitrogens with one attached hydrogen (secondary N) is 1. The smallest absolute Gasteiger partial charge is 0.318 e. The number of carbonyl (C=O) groups excluding carboxylic acids is 2. The number of hydrogen-bond donors (Lipinski definition) is 1. The van der Waals surface area contributed by atoms with Gasteiger partial charge in [-0.1, -0.05) is 20.8 Å². The largest absolute Gasteiger partial charge is 0.336 e. The second-order valence-electron chi connectivity index (χ2n) is 4.69. The molecule has 0 saturated carbocycles. The number of urea groups is 1. The first-order valence-corrected chi connectivity index (χ1v) is 4.93. The third kappa shape index (κ3) is 2.34. The zero-order valence-corrected chi connectivity index (χ0v) is 9.41. The number of hydrogen-bond acceptors (Lipinski definition) is 2. The molecule has 1 saturated heterocycles. The van der Waals surface area contributed by atoms with Crippen LogP contribution in [0.2, 0.25) is 0 Å². The first-order valence-electron chi connectivity index (χ1n) is 4.93. The highest BCUT2D eigenvalue weighted by Gasteiger charge is 2.40. The van der Waals surface area contributed by atoms with Gasteiger partial charge in [-0.05, 0) is 12.1 Å². The van der Waals surface area contributed by atoms with Crippen LogP contribution in [-0.2, 0) is 4.79 Å². The minimum absolute atomic E-state index is 0.202. The van der Waals surface area contributed by atoms with Gasteiger partial charge < -0.3 is 10.2 Å². The molecular weight excluding hydrogens is 194 g/mol. The van der Waals surface area contributed by atoms with Gasteiger partial charge in [-0.15, -0.1) is 0 Å². The number of aliphatic imine (C=N–C) groups is 1. The molecule has 84 valence electrons. The standard InChI is InChI=1S/C10H17N3O2/c1-10(2,3)7(8(14)11-4)13-6-5-12-9(13)15/h7H,4-6H2,1-3H3,(H,12,15). The van der Waals surface area contributed by atoms with E-state index in [-0.39, 0.29) is 17.4 Å². The van der Waals surface area contributed by atoms with E-state index in [1.165, 1.54) is 4.90 Å². The fourth-order valence-electron chi connectivity index (χ4n) is 1.79. The lowest BCUT2D eigenvalue weighted by atomic mass is 9.85. The maximum absolute atomic E-state index is 11.6. The fourth-order valence-corrected chi connectivity index (χ4v) is 1.79. The Labute approximate surface area is 89.5 Å². The number of rotatable bonds is 2. The summed E-state index contributed by atoms with van der Waals surface area (Å²) in [5, 5.41) is 2.67. The quantitative estimate of drug-likeness (QED) is 0.682. The van der Waals surface area contributed by atoms with E-state index in [0.29, 0.717) is 13.1 Å². The fraction of sp³-hybridized carbons (Fsp3) is 0.700. The Bertz CT molecular complexity index is 294.